The Kier molecular flexibility index (Phi) is 6.50. The van der Waals surface area contributed by atoms with Crippen LogP contribution < -0.4 is 9.46 Å². The summed E-state index contributed by atoms with van der Waals surface area (Å²) in [6.07, 6.45) is -1.18. The van der Waals surface area contributed by atoms with Crippen LogP contribution in [0.5, 0.6) is 5.75 Å². The molecule has 12 heteroatoms. The number of fused-ring (bicyclic) bond motifs is 1. The maximum Gasteiger partial charge on any atom is 0.404 e. The van der Waals surface area contributed by atoms with Crippen LogP contribution in [0.3, 0.4) is 0 Å². The minimum Gasteiger partial charge on any atom is -0.491 e. The van der Waals surface area contributed by atoms with Gasteiger partial charge in [-0.3, -0.25) is 4.98 Å². The SMILES string of the molecule is CCOc1cc2c(cc1F)c(C#N)c(-c1ccc(S(=O)(=O)N[C@@H](C)C(F)(F)F)cn1)n2C1CCC1. The number of rotatable bonds is 7. The van der Waals surface area contributed by atoms with E-state index in [2.05, 4.69) is 11.1 Å². The second-order valence-corrected chi connectivity index (χ2v) is 10.0. The van der Waals surface area contributed by atoms with E-state index in [1.54, 1.807) is 11.6 Å². The fourth-order valence-corrected chi connectivity index (χ4v) is 5.19. The molecule has 35 heavy (non-hydrogen) atoms. The number of nitrogens with zero attached hydrogens (tertiary/aromatic N) is 3. The fourth-order valence-electron chi connectivity index (χ4n) is 4.01. The number of nitriles is 1. The molecule has 2 heterocycles. The van der Waals surface area contributed by atoms with Gasteiger partial charge in [0, 0.05) is 23.7 Å². The fraction of sp³-hybridized carbons (Fsp3) is 0.391. The number of nitrogens with one attached hydrogen (secondary N) is 1. The number of benzene rings is 1. The van der Waals surface area contributed by atoms with E-state index in [1.165, 1.54) is 18.2 Å². The van der Waals surface area contributed by atoms with Crippen LogP contribution in [0.1, 0.15) is 44.7 Å². The molecule has 0 bridgehead atoms. The molecule has 1 fully saturated rings. The highest BCUT2D eigenvalue weighted by molar-refractivity contribution is 7.89. The second kappa shape index (κ2) is 9.13. The molecular weight excluding hydrogens is 488 g/mol. The van der Waals surface area contributed by atoms with E-state index in [-0.39, 0.29) is 29.7 Å². The smallest absolute Gasteiger partial charge is 0.404 e. The molecule has 186 valence electrons. The summed E-state index contributed by atoms with van der Waals surface area (Å²) in [5, 5.41) is 10.3. The van der Waals surface area contributed by atoms with Gasteiger partial charge in [0.15, 0.2) is 11.6 Å². The topological polar surface area (TPSA) is 97.0 Å². The average Bonchev–Trinajstić information content (AvgIpc) is 3.05. The van der Waals surface area contributed by atoms with Crippen molar-refractivity contribution in [3.8, 4) is 23.2 Å². The Hall–Kier alpha value is -3.17. The van der Waals surface area contributed by atoms with Crippen molar-refractivity contribution in [1.82, 2.24) is 14.3 Å². The maximum atomic E-state index is 14.6. The molecule has 2 aromatic heterocycles. The van der Waals surface area contributed by atoms with Crippen molar-refractivity contribution in [3.05, 3.63) is 41.8 Å². The van der Waals surface area contributed by atoms with Gasteiger partial charge >= 0.3 is 6.18 Å². The minimum atomic E-state index is -4.75. The third kappa shape index (κ3) is 4.58. The number of alkyl halides is 3. The standard InChI is InChI=1S/C23H22F4N4O3S/c1-3-34-21-10-20-16(9-18(21)24)17(11-28)22(31(20)14-5-4-6-14)19-8-7-15(12-29-19)35(32,33)30-13(2)23(25,26)27/h7-10,12-14,30H,3-6H2,1-2H3/t13-/m0/s1. The molecule has 4 rings (SSSR count). The van der Waals surface area contributed by atoms with Crippen molar-refractivity contribution >= 4 is 20.9 Å². The Bertz CT molecular complexity index is 1410. The Labute approximate surface area is 199 Å². The van der Waals surface area contributed by atoms with E-state index in [9.17, 15) is 31.2 Å². The highest BCUT2D eigenvalue weighted by Crippen LogP contribution is 2.43. The number of hydrogen-bond donors (Lipinski definition) is 1. The first-order valence-corrected chi connectivity index (χ1v) is 12.4. The molecule has 3 aromatic rings. The van der Waals surface area contributed by atoms with Crippen LogP contribution in [0.15, 0.2) is 35.4 Å². The maximum absolute atomic E-state index is 14.6. The molecule has 0 amide bonds. The van der Waals surface area contributed by atoms with Crippen molar-refractivity contribution in [2.45, 2.75) is 56.3 Å². The summed E-state index contributed by atoms with van der Waals surface area (Å²) >= 11 is 0. The van der Waals surface area contributed by atoms with Crippen LogP contribution in [0.4, 0.5) is 17.6 Å². The number of ether oxygens (including phenoxy) is 1. The van der Waals surface area contributed by atoms with Crippen LogP contribution in [-0.2, 0) is 10.0 Å². The van der Waals surface area contributed by atoms with Gasteiger partial charge in [-0.2, -0.15) is 23.2 Å². The number of hydrogen-bond acceptors (Lipinski definition) is 5. The number of halogens is 4. The Balaban J connectivity index is 1.83. The molecule has 0 aliphatic heterocycles. The lowest BCUT2D eigenvalue weighted by atomic mass is 9.92. The second-order valence-electron chi connectivity index (χ2n) is 8.29. The quantitative estimate of drug-likeness (QED) is 0.448. The molecule has 1 saturated carbocycles. The molecule has 1 aliphatic carbocycles. The van der Waals surface area contributed by atoms with E-state index in [0.717, 1.165) is 31.5 Å². The largest absolute Gasteiger partial charge is 0.491 e. The predicted octanol–water partition coefficient (Wildman–Crippen LogP) is 5.07. The Morgan fingerprint density at radius 2 is 2.03 bits per heavy atom. The summed E-state index contributed by atoms with van der Waals surface area (Å²) in [5.74, 6) is -0.569. The highest BCUT2D eigenvalue weighted by Gasteiger charge is 2.39. The molecule has 0 spiro atoms. The first-order valence-electron chi connectivity index (χ1n) is 10.9. The van der Waals surface area contributed by atoms with Crippen molar-refractivity contribution < 1.29 is 30.7 Å². The van der Waals surface area contributed by atoms with Crippen molar-refractivity contribution in [1.29, 1.82) is 5.26 Å². The van der Waals surface area contributed by atoms with Crippen molar-refractivity contribution in [2.24, 2.45) is 0 Å². The van der Waals surface area contributed by atoms with Crippen LogP contribution in [-0.4, -0.2) is 36.8 Å². The minimum absolute atomic E-state index is 0.0223. The summed E-state index contributed by atoms with van der Waals surface area (Å²) in [5.41, 5.74) is 1.39. The lowest BCUT2D eigenvalue weighted by Crippen LogP contribution is -2.42. The van der Waals surface area contributed by atoms with Gasteiger partial charge in [0.2, 0.25) is 10.0 Å². The molecular formula is C23H22F4N4O3S. The van der Waals surface area contributed by atoms with Gasteiger partial charge in [-0.15, -0.1) is 0 Å². The van der Waals surface area contributed by atoms with Crippen LogP contribution in [0, 0.1) is 17.1 Å². The normalized spacial score (nSPS) is 15.6. The highest BCUT2D eigenvalue weighted by atomic mass is 32.2. The van der Waals surface area contributed by atoms with Gasteiger partial charge in [0.05, 0.1) is 29.1 Å². The predicted molar refractivity (Wildman–Crippen MR) is 120 cm³/mol. The number of aromatic nitrogens is 2. The van der Waals surface area contributed by atoms with Gasteiger partial charge < -0.3 is 9.30 Å². The molecule has 1 aromatic carbocycles. The van der Waals surface area contributed by atoms with E-state index in [0.29, 0.717) is 23.5 Å². The van der Waals surface area contributed by atoms with Gasteiger partial charge in [0.25, 0.3) is 0 Å². The van der Waals surface area contributed by atoms with Crippen LogP contribution >= 0.6 is 0 Å². The van der Waals surface area contributed by atoms with E-state index < -0.39 is 33.0 Å². The van der Waals surface area contributed by atoms with E-state index in [4.69, 9.17) is 4.74 Å². The van der Waals surface area contributed by atoms with E-state index >= 15 is 0 Å². The third-order valence-electron chi connectivity index (χ3n) is 6.02. The van der Waals surface area contributed by atoms with Gasteiger partial charge in [-0.25, -0.2) is 12.8 Å². The zero-order chi connectivity index (χ0) is 25.5. The summed E-state index contributed by atoms with van der Waals surface area (Å²) in [7, 11) is -4.49. The van der Waals surface area contributed by atoms with E-state index in [1.807, 2.05) is 4.57 Å². The third-order valence-corrected chi connectivity index (χ3v) is 7.55. The molecule has 1 atom stereocenters. The number of pyridine rings is 1. The molecule has 7 nitrogen and oxygen atoms in total. The van der Waals surface area contributed by atoms with Gasteiger partial charge in [-0.05, 0) is 51.3 Å². The molecule has 0 radical (unpaired) electrons. The Morgan fingerprint density at radius 1 is 1.31 bits per heavy atom. The summed E-state index contributed by atoms with van der Waals surface area (Å²) < 4.78 is 86.7. The van der Waals surface area contributed by atoms with Crippen LogP contribution in [0.2, 0.25) is 0 Å². The first-order chi connectivity index (χ1) is 16.5. The molecule has 1 aliphatic rings. The van der Waals surface area contributed by atoms with Gasteiger partial charge in [0.1, 0.15) is 17.0 Å². The van der Waals surface area contributed by atoms with Gasteiger partial charge in [-0.1, -0.05) is 0 Å². The lowest BCUT2D eigenvalue weighted by molar-refractivity contribution is -0.147. The summed E-state index contributed by atoms with van der Waals surface area (Å²) in [4.78, 5) is 3.72. The number of sulfonamides is 1. The van der Waals surface area contributed by atoms with Crippen molar-refractivity contribution in [3.63, 3.8) is 0 Å². The van der Waals surface area contributed by atoms with Crippen LogP contribution in [0.25, 0.3) is 22.3 Å². The Morgan fingerprint density at radius 3 is 2.54 bits per heavy atom. The van der Waals surface area contributed by atoms with Crippen molar-refractivity contribution in [2.75, 3.05) is 6.61 Å². The lowest BCUT2D eigenvalue weighted by Gasteiger charge is -2.30. The molecule has 0 saturated heterocycles. The monoisotopic (exact) mass is 510 g/mol. The molecule has 1 N–H and O–H groups in total. The molecule has 0 unspecified atom stereocenters. The summed E-state index contributed by atoms with van der Waals surface area (Å²) in [6, 6.07) is 5.07. The average molecular weight is 511 g/mol. The zero-order valence-electron chi connectivity index (χ0n) is 18.9. The zero-order valence-corrected chi connectivity index (χ0v) is 19.7. The first kappa shape index (κ1) is 24.9. The summed E-state index contributed by atoms with van der Waals surface area (Å²) in [6.45, 7) is 2.68.